The van der Waals surface area contributed by atoms with Crippen molar-refractivity contribution in [2.45, 2.75) is 25.3 Å². The van der Waals surface area contributed by atoms with Crippen LogP contribution >= 0.6 is 24.0 Å². The number of rotatable bonds is 3. The van der Waals surface area contributed by atoms with Crippen LogP contribution in [0, 0.1) is 11.7 Å². The van der Waals surface area contributed by atoms with Crippen LogP contribution in [0.3, 0.4) is 0 Å². The van der Waals surface area contributed by atoms with Gasteiger partial charge in [-0.2, -0.15) is 0 Å². The molecule has 0 heterocycles. The molecule has 1 fully saturated rings. The summed E-state index contributed by atoms with van der Waals surface area (Å²) in [6.45, 7) is 0. The van der Waals surface area contributed by atoms with Gasteiger partial charge in [0.1, 0.15) is 5.82 Å². The summed E-state index contributed by atoms with van der Waals surface area (Å²) >= 11 is 5.59. The molecule has 1 aromatic carbocycles. The molecular weight excluding hydrogens is 236 g/mol. The van der Waals surface area contributed by atoms with Crippen molar-refractivity contribution in [3.8, 4) is 0 Å². The predicted molar refractivity (Wildman–Crippen MR) is 62.9 cm³/mol. The van der Waals surface area contributed by atoms with Crippen LogP contribution in [0.5, 0.6) is 0 Å². The van der Waals surface area contributed by atoms with Crippen LogP contribution in [0.15, 0.2) is 18.2 Å². The van der Waals surface area contributed by atoms with Crippen molar-refractivity contribution in [3.63, 3.8) is 0 Å². The van der Waals surface area contributed by atoms with Gasteiger partial charge in [0.2, 0.25) is 0 Å². The van der Waals surface area contributed by atoms with Crippen LogP contribution in [0.1, 0.15) is 30.9 Å². The molecule has 0 unspecified atom stereocenters. The molecular formula is C11H14Cl2FN. The van der Waals surface area contributed by atoms with Gasteiger partial charge < -0.3 is 5.73 Å². The lowest BCUT2D eigenvalue weighted by molar-refractivity contribution is 0.583. The van der Waals surface area contributed by atoms with E-state index in [9.17, 15) is 4.39 Å². The Morgan fingerprint density at radius 3 is 2.67 bits per heavy atom. The molecule has 0 aliphatic heterocycles. The summed E-state index contributed by atoms with van der Waals surface area (Å²) in [4.78, 5) is 0. The SMILES string of the molecule is Cl.N[C@@H](CC1CC1)c1ccc(Cl)c(F)c1. The van der Waals surface area contributed by atoms with E-state index in [0.717, 1.165) is 17.9 Å². The zero-order chi connectivity index (χ0) is 10.1. The van der Waals surface area contributed by atoms with Gasteiger partial charge in [-0.15, -0.1) is 12.4 Å². The fourth-order valence-electron chi connectivity index (χ4n) is 1.59. The summed E-state index contributed by atoms with van der Waals surface area (Å²) in [5.41, 5.74) is 6.79. The lowest BCUT2D eigenvalue weighted by Gasteiger charge is -2.11. The van der Waals surface area contributed by atoms with Crippen molar-refractivity contribution in [2.24, 2.45) is 11.7 Å². The van der Waals surface area contributed by atoms with Crippen LogP contribution in [-0.2, 0) is 0 Å². The summed E-state index contributed by atoms with van der Waals surface area (Å²) in [5, 5.41) is 0.160. The minimum Gasteiger partial charge on any atom is -0.324 e. The fraction of sp³-hybridized carbons (Fsp3) is 0.455. The molecule has 1 aromatic rings. The van der Waals surface area contributed by atoms with Crippen LogP contribution in [0.4, 0.5) is 4.39 Å². The third-order valence-corrected chi connectivity index (χ3v) is 2.96. The Morgan fingerprint density at radius 2 is 2.13 bits per heavy atom. The molecule has 1 saturated carbocycles. The van der Waals surface area contributed by atoms with Gasteiger partial charge in [0, 0.05) is 6.04 Å². The van der Waals surface area contributed by atoms with Gasteiger partial charge in [-0.3, -0.25) is 0 Å². The highest BCUT2D eigenvalue weighted by atomic mass is 35.5. The normalized spacial score (nSPS) is 17.0. The van der Waals surface area contributed by atoms with Crippen molar-refractivity contribution in [3.05, 3.63) is 34.6 Å². The minimum absolute atomic E-state index is 0. The van der Waals surface area contributed by atoms with Crippen molar-refractivity contribution in [2.75, 3.05) is 0 Å². The average molecular weight is 250 g/mol. The van der Waals surface area contributed by atoms with Crippen molar-refractivity contribution in [1.82, 2.24) is 0 Å². The Hall–Kier alpha value is -0.310. The van der Waals surface area contributed by atoms with E-state index in [-0.39, 0.29) is 29.3 Å². The van der Waals surface area contributed by atoms with Gasteiger partial charge in [0.05, 0.1) is 5.02 Å². The Labute approximate surface area is 100 Å². The van der Waals surface area contributed by atoms with E-state index in [0.29, 0.717) is 0 Å². The number of nitrogens with two attached hydrogens (primary N) is 1. The van der Waals surface area contributed by atoms with Crippen LogP contribution in [-0.4, -0.2) is 0 Å². The molecule has 2 rings (SSSR count). The van der Waals surface area contributed by atoms with E-state index in [1.807, 2.05) is 0 Å². The first-order chi connectivity index (χ1) is 6.66. The quantitative estimate of drug-likeness (QED) is 0.869. The first-order valence-corrected chi connectivity index (χ1v) is 5.25. The smallest absolute Gasteiger partial charge is 0.142 e. The third kappa shape index (κ3) is 3.33. The van der Waals surface area contributed by atoms with E-state index < -0.39 is 0 Å². The molecule has 0 aromatic heterocycles. The fourth-order valence-corrected chi connectivity index (χ4v) is 1.71. The maximum atomic E-state index is 13.1. The Balaban J connectivity index is 0.00000112. The second-order valence-corrected chi connectivity index (χ2v) is 4.37. The molecule has 0 amide bonds. The van der Waals surface area contributed by atoms with Gasteiger partial charge in [-0.1, -0.05) is 30.5 Å². The monoisotopic (exact) mass is 249 g/mol. The van der Waals surface area contributed by atoms with Gasteiger partial charge in [0.25, 0.3) is 0 Å². The summed E-state index contributed by atoms with van der Waals surface area (Å²) < 4.78 is 13.1. The van der Waals surface area contributed by atoms with Gasteiger partial charge in [-0.25, -0.2) is 4.39 Å². The topological polar surface area (TPSA) is 26.0 Å². The summed E-state index contributed by atoms with van der Waals surface area (Å²) in [6, 6.07) is 4.77. The maximum Gasteiger partial charge on any atom is 0.142 e. The molecule has 0 spiro atoms. The zero-order valence-corrected chi connectivity index (χ0v) is 9.82. The molecule has 0 radical (unpaired) electrons. The highest BCUT2D eigenvalue weighted by Crippen LogP contribution is 2.37. The minimum atomic E-state index is -0.379. The summed E-state index contributed by atoms with van der Waals surface area (Å²) in [5.74, 6) is 0.374. The molecule has 1 nitrogen and oxygen atoms in total. The highest BCUT2D eigenvalue weighted by molar-refractivity contribution is 6.30. The number of benzene rings is 1. The second-order valence-electron chi connectivity index (χ2n) is 3.96. The summed E-state index contributed by atoms with van der Waals surface area (Å²) in [7, 11) is 0. The van der Waals surface area contributed by atoms with Crippen LogP contribution < -0.4 is 5.73 Å². The maximum absolute atomic E-state index is 13.1. The van der Waals surface area contributed by atoms with Gasteiger partial charge >= 0.3 is 0 Å². The lowest BCUT2D eigenvalue weighted by atomic mass is 10.0. The second kappa shape index (κ2) is 5.15. The van der Waals surface area contributed by atoms with E-state index in [4.69, 9.17) is 17.3 Å². The zero-order valence-electron chi connectivity index (χ0n) is 8.25. The molecule has 0 saturated heterocycles. The Bertz CT molecular complexity index is 339. The first-order valence-electron chi connectivity index (χ1n) is 4.87. The van der Waals surface area contributed by atoms with Crippen LogP contribution in [0.25, 0.3) is 0 Å². The van der Waals surface area contributed by atoms with Crippen LogP contribution in [0.2, 0.25) is 5.02 Å². The standard InChI is InChI=1S/C11H13ClFN.ClH/c12-9-4-3-8(6-10(9)13)11(14)5-7-1-2-7;/h3-4,6-7,11H,1-2,5,14H2;1H/t11-;/m0./s1. The van der Waals surface area contributed by atoms with E-state index in [1.54, 1.807) is 12.1 Å². The molecule has 2 N–H and O–H groups in total. The van der Waals surface area contributed by atoms with Crippen molar-refractivity contribution < 1.29 is 4.39 Å². The largest absolute Gasteiger partial charge is 0.324 e. The van der Waals surface area contributed by atoms with Gasteiger partial charge in [-0.05, 0) is 30.0 Å². The molecule has 84 valence electrons. The van der Waals surface area contributed by atoms with Crippen molar-refractivity contribution in [1.29, 1.82) is 0 Å². The Morgan fingerprint density at radius 1 is 1.47 bits per heavy atom. The number of hydrogen-bond donors (Lipinski definition) is 1. The predicted octanol–water partition coefficient (Wildman–Crippen LogP) is 3.70. The highest BCUT2D eigenvalue weighted by Gasteiger charge is 2.24. The average Bonchev–Trinajstić information content (AvgIpc) is 2.93. The summed E-state index contributed by atoms with van der Waals surface area (Å²) in [6.07, 6.45) is 3.49. The van der Waals surface area contributed by atoms with Gasteiger partial charge in [0.15, 0.2) is 0 Å². The lowest BCUT2D eigenvalue weighted by Crippen LogP contribution is -2.11. The molecule has 1 aliphatic rings. The molecule has 4 heteroatoms. The molecule has 0 bridgehead atoms. The van der Waals surface area contributed by atoms with E-state index >= 15 is 0 Å². The molecule has 15 heavy (non-hydrogen) atoms. The molecule has 1 aliphatic carbocycles. The van der Waals surface area contributed by atoms with E-state index in [1.165, 1.54) is 18.9 Å². The third-order valence-electron chi connectivity index (χ3n) is 2.66. The molecule has 1 atom stereocenters. The number of halogens is 3. The van der Waals surface area contributed by atoms with Crippen molar-refractivity contribution >= 4 is 24.0 Å². The Kier molecular flexibility index (Phi) is 4.38. The first kappa shape index (κ1) is 12.8. The number of hydrogen-bond acceptors (Lipinski definition) is 1. The van der Waals surface area contributed by atoms with E-state index in [2.05, 4.69) is 0 Å².